The van der Waals surface area contributed by atoms with E-state index >= 15 is 0 Å². The second-order valence-corrected chi connectivity index (χ2v) is 6.83. The molecule has 1 aromatic heterocycles. The van der Waals surface area contributed by atoms with Crippen molar-refractivity contribution in [2.45, 2.75) is 0 Å². The number of hydrogen-bond donors (Lipinski definition) is 3. The Kier molecular flexibility index (Phi) is 5.85. The highest BCUT2D eigenvalue weighted by atomic mass is 16.3. The van der Waals surface area contributed by atoms with Gasteiger partial charge in [-0.2, -0.15) is 0 Å². The van der Waals surface area contributed by atoms with Crippen LogP contribution in [0.25, 0.3) is 10.8 Å². The average Bonchev–Trinajstić information content (AvgIpc) is 2.83. The predicted molar refractivity (Wildman–Crippen MR) is 122 cm³/mol. The molecule has 0 aliphatic heterocycles. The number of amides is 2. The highest BCUT2D eigenvalue weighted by Crippen LogP contribution is 2.39. The van der Waals surface area contributed by atoms with Crippen LogP contribution < -0.4 is 10.6 Å². The number of aromatic nitrogens is 1. The number of para-hydroxylation sites is 1. The highest BCUT2D eigenvalue weighted by Gasteiger charge is 2.19. The van der Waals surface area contributed by atoms with E-state index in [0.29, 0.717) is 16.5 Å². The SMILES string of the molecule is CNC(=O)c1cnccc1N=Nc1c(O)c(C(=O)Nc2ccccc2)cc2ccccc12. The Morgan fingerprint density at radius 3 is 2.44 bits per heavy atom. The molecule has 8 nitrogen and oxygen atoms in total. The van der Waals surface area contributed by atoms with Crippen molar-refractivity contribution >= 4 is 39.6 Å². The molecule has 4 rings (SSSR count). The lowest BCUT2D eigenvalue weighted by Crippen LogP contribution is -2.17. The molecule has 0 fully saturated rings. The summed E-state index contributed by atoms with van der Waals surface area (Å²) < 4.78 is 0. The van der Waals surface area contributed by atoms with Crippen LogP contribution in [0.5, 0.6) is 5.75 Å². The van der Waals surface area contributed by atoms with Crippen LogP contribution in [0.15, 0.2) is 89.4 Å². The van der Waals surface area contributed by atoms with E-state index in [-0.39, 0.29) is 34.2 Å². The van der Waals surface area contributed by atoms with E-state index in [1.807, 2.05) is 18.2 Å². The van der Waals surface area contributed by atoms with Gasteiger partial charge in [-0.15, -0.1) is 10.2 Å². The summed E-state index contributed by atoms with van der Waals surface area (Å²) in [6.45, 7) is 0. The number of fused-ring (bicyclic) bond motifs is 1. The Morgan fingerprint density at radius 2 is 1.66 bits per heavy atom. The lowest BCUT2D eigenvalue weighted by atomic mass is 10.0. The zero-order valence-corrected chi connectivity index (χ0v) is 17.1. The van der Waals surface area contributed by atoms with Gasteiger partial charge in [0.05, 0.1) is 11.1 Å². The molecular formula is C24H19N5O3. The average molecular weight is 425 g/mol. The fourth-order valence-corrected chi connectivity index (χ4v) is 3.20. The Bertz CT molecular complexity index is 1340. The molecule has 158 valence electrons. The minimum atomic E-state index is -0.481. The summed E-state index contributed by atoms with van der Waals surface area (Å²) in [7, 11) is 1.50. The molecule has 3 aromatic carbocycles. The molecule has 0 aliphatic carbocycles. The second kappa shape index (κ2) is 9.05. The standard InChI is InChI=1S/C24H19N5O3/c1-25-23(31)19-14-26-12-11-20(19)28-29-21-17-10-6-5-7-15(17)13-18(22(21)30)24(32)27-16-8-3-2-4-9-16/h2-14,30H,1H3,(H,25,31)(H,27,32). The van der Waals surface area contributed by atoms with Crippen molar-refractivity contribution in [3.63, 3.8) is 0 Å². The first-order valence-electron chi connectivity index (χ1n) is 9.77. The largest absolute Gasteiger partial charge is 0.505 e. The Labute approximate surface area is 183 Å². The number of carbonyl (C=O) groups is 2. The molecule has 0 atom stereocenters. The van der Waals surface area contributed by atoms with Crippen molar-refractivity contribution in [1.29, 1.82) is 0 Å². The van der Waals surface area contributed by atoms with Gasteiger partial charge in [-0.3, -0.25) is 14.6 Å². The fraction of sp³-hybridized carbons (Fsp3) is 0.0417. The van der Waals surface area contributed by atoms with Crippen LogP contribution >= 0.6 is 0 Å². The molecule has 0 aliphatic rings. The maximum Gasteiger partial charge on any atom is 0.259 e. The first-order chi connectivity index (χ1) is 15.6. The van der Waals surface area contributed by atoms with E-state index in [9.17, 15) is 14.7 Å². The van der Waals surface area contributed by atoms with Crippen molar-refractivity contribution in [2.75, 3.05) is 12.4 Å². The first-order valence-corrected chi connectivity index (χ1v) is 9.77. The summed E-state index contributed by atoms with van der Waals surface area (Å²) in [4.78, 5) is 28.9. The van der Waals surface area contributed by atoms with Crippen molar-refractivity contribution < 1.29 is 14.7 Å². The minimum Gasteiger partial charge on any atom is -0.505 e. The normalized spacial score (nSPS) is 10.9. The van der Waals surface area contributed by atoms with Crippen LogP contribution in [0.3, 0.4) is 0 Å². The van der Waals surface area contributed by atoms with E-state index < -0.39 is 5.91 Å². The number of phenols is 1. The third-order valence-electron chi connectivity index (χ3n) is 4.80. The number of phenolic OH excluding ortho intramolecular Hbond substituents is 1. The van der Waals surface area contributed by atoms with Gasteiger partial charge in [-0.25, -0.2) is 0 Å². The van der Waals surface area contributed by atoms with Gasteiger partial charge in [0.2, 0.25) is 0 Å². The topological polar surface area (TPSA) is 116 Å². The number of nitrogens with zero attached hydrogens (tertiary/aromatic N) is 3. The first kappa shape index (κ1) is 20.7. The monoisotopic (exact) mass is 425 g/mol. The van der Waals surface area contributed by atoms with E-state index in [2.05, 4.69) is 25.8 Å². The summed E-state index contributed by atoms with van der Waals surface area (Å²) >= 11 is 0. The van der Waals surface area contributed by atoms with Crippen LogP contribution in [-0.2, 0) is 0 Å². The van der Waals surface area contributed by atoms with Gasteiger partial charge in [0, 0.05) is 30.5 Å². The molecule has 0 saturated carbocycles. The maximum atomic E-state index is 12.9. The van der Waals surface area contributed by atoms with Crippen molar-refractivity contribution in [3.05, 3.63) is 90.3 Å². The maximum absolute atomic E-state index is 12.9. The van der Waals surface area contributed by atoms with Crippen LogP contribution in [0.1, 0.15) is 20.7 Å². The fourth-order valence-electron chi connectivity index (χ4n) is 3.20. The van der Waals surface area contributed by atoms with Gasteiger partial charge in [-0.1, -0.05) is 42.5 Å². The third-order valence-corrected chi connectivity index (χ3v) is 4.80. The zero-order valence-electron chi connectivity index (χ0n) is 17.1. The number of anilines is 1. The molecule has 0 saturated heterocycles. The molecule has 2 amide bonds. The molecular weight excluding hydrogens is 406 g/mol. The number of rotatable bonds is 5. The smallest absolute Gasteiger partial charge is 0.259 e. The zero-order chi connectivity index (χ0) is 22.5. The molecule has 1 heterocycles. The quantitative estimate of drug-likeness (QED) is 0.392. The number of azo groups is 1. The number of aromatic hydroxyl groups is 1. The molecule has 0 bridgehead atoms. The Hall–Kier alpha value is -4.59. The molecule has 0 spiro atoms. The van der Waals surface area contributed by atoms with Crippen LogP contribution in [0.2, 0.25) is 0 Å². The summed E-state index contributed by atoms with van der Waals surface area (Å²) in [6.07, 6.45) is 2.87. The van der Waals surface area contributed by atoms with Gasteiger partial charge in [-0.05, 0) is 29.7 Å². The number of carbonyl (C=O) groups excluding carboxylic acids is 2. The lowest BCUT2D eigenvalue weighted by molar-refractivity contribution is 0.0962. The van der Waals surface area contributed by atoms with Crippen molar-refractivity contribution in [2.24, 2.45) is 10.2 Å². The summed E-state index contributed by atoms with van der Waals surface area (Å²) in [5.74, 6) is -1.15. The van der Waals surface area contributed by atoms with Crippen LogP contribution in [0, 0.1) is 0 Å². The lowest BCUT2D eigenvalue weighted by Gasteiger charge is -2.11. The van der Waals surface area contributed by atoms with Gasteiger partial charge < -0.3 is 15.7 Å². The van der Waals surface area contributed by atoms with Crippen molar-refractivity contribution in [1.82, 2.24) is 10.3 Å². The second-order valence-electron chi connectivity index (χ2n) is 6.83. The molecule has 0 unspecified atom stereocenters. The molecule has 0 radical (unpaired) electrons. The Morgan fingerprint density at radius 1 is 0.906 bits per heavy atom. The van der Waals surface area contributed by atoms with E-state index in [1.54, 1.807) is 48.5 Å². The molecule has 8 heteroatoms. The summed E-state index contributed by atoms with van der Waals surface area (Å²) in [6, 6.07) is 19.3. The minimum absolute atomic E-state index is 0.0581. The Balaban J connectivity index is 1.80. The molecule has 3 N–H and O–H groups in total. The van der Waals surface area contributed by atoms with E-state index in [4.69, 9.17) is 0 Å². The third kappa shape index (κ3) is 4.15. The number of benzene rings is 3. The van der Waals surface area contributed by atoms with E-state index in [0.717, 1.165) is 0 Å². The van der Waals surface area contributed by atoms with Gasteiger partial charge in [0.25, 0.3) is 11.8 Å². The van der Waals surface area contributed by atoms with Crippen LogP contribution in [0.4, 0.5) is 17.1 Å². The predicted octanol–water partition coefficient (Wildman–Crippen LogP) is 4.97. The van der Waals surface area contributed by atoms with Crippen molar-refractivity contribution in [3.8, 4) is 5.75 Å². The van der Waals surface area contributed by atoms with Gasteiger partial charge >= 0.3 is 0 Å². The molecule has 4 aromatic rings. The number of hydrogen-bond acceptors (Lipinski definition) is 6. The highest BCUT2D eigenvalue weighted by molar-refractivity contribution is 6.11. The number of pyridine rings is 1. The molecule has 32 heavy (non-hydrogen) atoms. The van der Waals surface area contributed by atoms with Crippen LogP contribution in [-0.4, -0.2) is 29.0 Å². The van der Waals surface area contributed by atoms with Gasteiger partial charge in [0.15, 0.2) is 5.75 Å². The van der Waals surface area contributed by atoms with Gasteiger partial charge in [0.1, 0.15) is 11.4 Å². The summed E-state index contributed by atoms with van der Waals surface area (Å²) in [5.41, 5.74) is 1.30. The number of nitrogens with one attached hydrogen (secondary N) is 2. The van der Waals surface area contributed by atoms with E-state index in [1.165, 1.54) is 19.4 Å². The summed E-state index contributed by atoms with van der Waals surface area (Å²) in [5, 5.41) is 25.9.